The van der Waals surface area contributed by atoms with E-state index in [0.29, 0.717) is 0 Å². The molecule has 72 valence electrons. The molecule has 5 heteroatoms. The zero-order valence-corrected chi connectivity index (χ0v) is 8.31. The average molecular weight is 198 g/mol. The molecule has 4 nitrogen and oxygen atoms in total. The molecule has 2 rings (SSSR count). The lowest BCUT2D eigenvalue weighted by Gasteiger charge is -2.26. The number of nitrogens with two attached hydrogens (primary N) is 1. The third-order valence-electron chi connectivity index (χ3n) is 2.28. The predicted octanol–water partition coefficient (Wildman–Crippen LogP) is 0.130. The summed E-state index contributed by atoms with van der Waals surface area (Å²) in [5.74, 6) is 0. The fourth-order valence-electron chi connectivity index (χ4n) is 1.50. The highest BCUT2D eigenvalue weighted by atomic mass is 32.1. The van der Waals surface area contributed by atoms with Gasteiger partial charge in [0.2, 0.25) is 0 Å². The third-order valence-corrected chi connectivity index (χ3v) is 2.95. The van der Waals surface area contributed by atoms with Crippen molar-refractivity contribution in [3.8, 4) is 0 Å². The molecular formula is C8H14N4S. The van der Waals surface area contributed by atoms with Crippen molar-refractivity contribution < 1.29 is 0 Å². The first-order valence-electron chi connectivity index (χ1n) is 4.48. The Morgan fingerprint density at radius 2 is 2.31 bits per heavy atom. The fraction of sp³-hybridized carbons (Fsp3) is 0.625. The summed E-state index contributed by atoms with van der Waals surface area (Å²) in [7, 11) is 0. The minimum atomic E-state index is 0.860. The van der Waals surface area contributed by atoms with Crippen molar-refractivity contribution in [2.45, 2.75) is 6.54 Å². The topological polar surface area (TPSA) is 54.2 Å². The summed E-state index contributed by atoms with van der Waals surface area (Å²) in [5, 5.41) is 4.18. The molecule has 0 bridgehead atoms. The standard InChI is InChI=1S/C8H14N4S/c9-8-7(5-11-13-8)6-12-3-1-10-2-4-12/h5,10H,1-4,6,9H2. The van der Waals surface area contributed by atoms with Crippen LogP contribution in [0.25, 0.3) is 0 Å². The molecule has 0 radical (unpaired) electrons. The molecule has 0 amide bonds. The second kappa shape index (κ2) is 4.04. The van der Waals surface area contributed by atoms with Gasteiger partial charge in [0, 0.05) is 44.5 Å². The first kappa shape index (κ1) is 8.93. The van der Waals surface area contributed by atoms with Gasteiger partial charge in [0.15, 0.2) is 0 Å². The van der Waals surface area contributed by atoms with Gasteiger partial charge < -0.3 is 11.1 Å². The van der Waals surface area contributed by atoms with Crippen molar-refractivity contribution in [3.63, 3.8) is 0 Å². The maximum atomic E-state index is 5.77. The predicted molar refractivity (Wildman–Crippen MR) is 54.7 cm³/mol. The summed E-state index contributed by atoms with van der Waals surface area (Å²) in [5.41, 5.74) is 6.94. The Kier molecular flexibility index (Phi) is 2.77. The number of hydrogen-bond donors (Lipinski definition) is 2. The monoisotopic (exact) mass is 198 g/mol. The van der Waals surface area contributed by atoms with Crippen LogP contribution in [-0.2, 0) is 6.54 Å². The molecular weight excluding hydrogens is 184 g/mol. The van der Waals surface area contributed by atoms with E-state index in [-0.39, 0.29) is 0 Å². The summed E-state index contributed by atoms with van der Waals surface area (Å²) in [6.07, 6.45) is 1.88. The molecule has 0 atom stereocenters. The van der Waals surface area contributed by atoms with Crippen LogP contribution in [0.1, 0.15) is 5.56 Å². The summed E-state index contributed by atoms with van der Waals surface area (Å²) < 4.78 is 4.06. The molecule has 1 saturated heterocycles. The summed E-state index contributed by atoms with van der Waals surface area (Å²) in [4.78, 5) is 2.40. The van der Waals surface area contributed by atoms with Gasteiger partial charge in [-0.05, 0) is 11.5 Å². The Hall–Kier alpha value is -0.650. The molecule has 0 unspecified atom stereocenters. The van der Waals surface area contributed by atoms with E-state index in [1.165, 1.54) is 17.1 Å². The van der Waals surface area contributed by atoms with Crippen molar-refractivity contribution in [1.29, 1.82) is 0 Å². The Labute approximate surface area is 81.9 Å². The number of nitrogens with zero attached hydrogens (tertiary/aromatic N) is 2. The zero-order valence-electron chi connectivity index (χ0n) is 7.49. The lowest BCUT2D eigenvalue weighted by Crippen LogP contribution is -2.42. The zero-order chi connectivity index (χ0) is 9.10. The maximum absolute atomic E-state index is 5.77. The Balaban J connectivity index is 1.93. The number of rotatable bonds is 2. The Morgan fingerprint density at radius 3 is 2.92 bits per heavy atom. The van der Waals surface area contributed by atoms with Crippen LogP contribution in [0.4, 0.5) is 5.00 Å². The Bertz CT molecular complexity index is 267. The van der Waals surface area contributed by atoms with Crippen LogP contribution in [0.3, 0.4) is 0 Å². The normalized spacial score (nSPS) is 19.1. The highest BCUT2D eigenvalue weighted by Gasteiger charge is 2.11. The fourth-order valence-corrected chi connectivity index (χ4v) is 2.03. The second-order valence-corrected chi connectivity index (χ2v) is 4.07. The molecule has 2 heterocycles. The molecule has 0 saturated carbocycles. The molecule has 1 fully saturated rings. The molecule has 3 N–H and O–H groups in total. The number of anilines is 1. The van der Waals surface area contributed by atoms with Crippen molar-refractivity contribution in [3.05, 3.63) is 11.8 Å². The van der Waals surface area contributed by atoms with E-state index in [4.69, 9.17) is 5.73 Å². The molecule has 1 aromatic rings. The average Bonchev–Trinajstić information content (AvgIpc) is 2.54. The van der Waals surface area contributed by atoms with E-state index in [9.17, 15) is 0 Å². The SMILES string of the molecule is Nc1sncc1CN1CCNCC1. The van der Waals surface area contributed by atoms with E-state index in [2.05, 4.69) is 14.6 Å². The number of piperazine rings is 1. The molecule has 0 aromatic carbocycles. The lowest BCUT2D eigenvalue weighted by atomic mass is 10.3. The summed E-state index contributed by atoms with van der Waals surface area (Å²) >= 11 is 1.38. The van der Waals surface area contributed by atoms with Crippen molar-refractivity contribution in [1.82, 2.24) is 14.6 Å². The van der Waals surface area contributed by atoms with Crippen LogP contribution >= 0.6 is 11.5 Å². The number of nitrogen functional groups attached to an aromatic ring is 1. The first-order chi connectivity index (χ1) is 6.36. The van der Waals surface area contributed by atoms with Gasteiger partial charge in [-0.3, -0.25) is 4.90 Å². The van der Waals surface area contributed by atoms with E-state index in [1.807, 2.05) is 6.20 Å². The minimum Gasteiger partial charge on any atom is -0.389 e. The van der Waals surface area contributed by atoms with Crippen LogP contribution < -0.4 is 11.1 Å². The van der Waals surface area contributed by atoms with Gasteiger partial charge in [-0.15, -0.1) is 0 Å². The van der Waals surface area contributed by atoms with Crippen LogP contribution in [0, 0.1) is 0 Å². The van der Waals surface area contributed by atoms with E-state index in [0.717, 1.165) is 37.7 Å². The van der Waals surface area contributed by atoms with Gasteiger partial charge in [-0.2, -0.15) is 4.37 Å². The van der Waals surface area contributed by atoms with Gasteiger partial charge in [0.05, 0.1) is 0 Å². The molecule has 1 aliphatic rings. The second-order valence-electron chi connectivity index (χ2n) is 3.24. The smallest absolute Gasteiger partial charge is 0.111 e. The number of aromatic nitrogens is 1. The van der Waals surface area contributed by atoms with Crippen molar-refractivity contribution in [2.75, 3.05) is 31.9 Å². The third kappa shape index (κ3) is 2.18. The number of hydrogen-bond acceptors (Lipinski definition) is 5. The van der Waals surface area contributed by atoms with Gasteiger partial charge in [0.25, 0.3) is 0 Å². The van der Waals surface area contributed by atoms with Crippen LogP contribution in [0.15, 0.2) is 6.20 Å². The van der Waals surface area contributed by atoms with Crippen molar-refractivity contribution in [2.24, 2.45) is 0 Å². The highest BCUT2D eigenvalue weighted by Crippen LogP contribution is 2.17. The van der Waals surface area contributed by atoms with Crippen LogP contribution in [0.2, 0.25) is 0 Å². The quantitative estimate of drug-likeness (QED) is 0.709. The molecule has 0 spiro atoms. The Morgan fingerprint density at radius 1 is 1.54 bits per heavy atom. The van der Waals surface area contributed by atoms with E-state index >= 15 is 0 Å². The molecule has 1 aliphatic heterocycles. The number of nitrogens with one attached hydrogen (secondary N) is 1. The molecule has 0 aliphatic carbocycles. The molecule has 1 aromatic heterocycles. The largest absolute Gasteiger partial charge is 0.389 e. The van der Waals surface area contributed by atoms with E-state index < -0.39 is 0 Å². The van der Waals surface area contributed by atoms with Crippen LogP contribution in [-0.4, -0.2) is 35.5 Å². The summed E-state index contributed by atoms with van der Waals surface area (Å²) in [6.45, 7) is 5.32. The molecule has 13 heavy (non-hydrogen) atoms. The first-order valence-corrected chi connectivity index (χ1v) is 5.25. The van der Waals surface area contributed by atoms with Gasteiger partial charge >= 0.3 is 0 Å². The maximum Gasteiger partial charge on any atom is 0.111 e. The highest BCUT2D eigenvalue weighted by molar-refractivity contribution is 7.10. The van der Waals surface area contributed by atoms with Gasteiger partial charge in [-0.1, -0.05) is 0 Å². The van der Waals surface area contributed by atoms with Crippen molar-refractivity contribution >= 4 is 16.5 Å². The van der Waals surface area contributed by atoms with Gasteiger partial charge in [-0.25, -0.2) is 0 Å². The van der Waals surface area contributed by atoms with Crippen LogP contribution in [0.5, 0.6) is 0 Å². The lowest BCUT2D eigenvalue weighted by molar-refractivity contribution is 0.233. The summed E-state index contributed by atoms with van der Waals surface area (Å²) in [6, 6.07) is 0. The minimum absolute atomic E-state index is 0.860. The van der Waals surface area contributed by atoms with Gasteiger partial charge in [0.1, 0.15) is 5.00 Å². The van der Waals surface area contributed by atoms with E-state index in [1.54, 1.807) is 0 Å².